The quantitative estimate of drug-likeness (QED) is 0.141. The minimum absolute atomic E-state index is 0.465. The van der Waals surface area contributed by atoms with Crippen molar-refractivity contribution in [1.29, 1.82) is 0 Å². The van der Waals surface area contributed by atoms with E-state index >= 15 is 0 Å². The summed E-state index contributed by atoms with van der Waals surface area (Å²) in [6.07, 6.45) is 0. The number of hydrogen-bond donors (Lipinski definition) is 0. The second-order valence-corrected chi connectivity index (χ2v) is 14.4. The average Bonchev–Trinajstić information content (AvgIpc) is 3.35. The van der Waals surface area contributed by atoms with E-state index < -0.39 is 0 Å². The van der Waals surface area contributed by atoms with Gasteiger partial charge >= 0.3 is 0 Å². The fraction of sp³-hybridized carbons (Fsp3) is 0.0192. The fourth-order valence-corrected chi connectivity index (χ4v) is 7.10. The third-order valence-electron chi connectivity index (χ3n) is 10.1. The maximum Gasteiger partial charge on any atom is 0.164 e. The van der Waals surface area contributed by atoms with Crippen LogP contribution < -0.4 is 0 Å². The molecule has 0 aliphatic rings. The van der Waals surface area contributed by atoms with Crippen LogP contribution in [0.5, 0.6) is 0 Å². The highest BCUT2D eigenvalue weighted by molar-refractivity contribution is 5.79. The van der Waals surface area contributed by atoms with Gasteiger partial charge in [0.1, 0.15) is 5.82 Å². The summed E-state index contributed by atoms with van der Waals surface area (Å²) in [7, 11) is 0. The molecule has 0 aliphatic carbocycles. The lowest BCUT2D eigenvalue weighted by molar-refractivity contribution is 0.991. The number of aromatic nitrogens is 9. The lowest BCUT2D eigenvalue weighted by Crippen LogP contribution is -2.03. The molecule has 0 saturated carbocycles. The molecule has 3 aromatic heterocycles. The van der Waals surface area contributed by atoms with Crippen molar-refractivity contribution in [2.75, 3.05) is 0 Å². The van der Waals surface area contributed by atoms with Crippen LogP contribution in [0.2, 0.25) is 0 Å². The van der Waals surface area contributed by atoms with Crippen molar-refractivity contribution in [2.45, 2.75) is 6.92 Å². The molecule has 288 valence electrons. The molecule has 0 aliphatic heterocycles. The van der Waals surface area contributed by atoms with E-state index in [1.54, 1.807) is 0 Å². The molecule has 9 heteroatoms. The zero-order chi connectivity index (χ0) is 41.0. The van der Waals surface area contributed by atoms with Crippen LogP contribution in [0.4, 0.5) is 0 Å². The van der Waals surface area contributed by atoms with Gasteiger partial charge in [-0.2, -0.15) is 0 Å². The number of nitrogens with zero attached hydrogens (tertiary/aromatic N) is 9. The van der Waals surface area contributed by atoms with Crippen molar-refractivity contribution in [3.8, 4) is 102 Å². The van der Waals surface area contributed by atoms with Crippen LogP contribution in [0.3, 0.4) is 0 Å². The summed E-state index contributed by atoms with van der Waals surface area (Å²) in [6.45, 7) is 1.88. The average molecular weight is 786 g/mol. The molecule has 0 saturated heterocycles. The largest absolute Gasteiger partial charge is 0.213 e. The van der Waals surface area contributed by atoms with Crippen LogP contribution in [0.1, 0.15) is 5.82 Å². The van der Waals surface area contributed by atoms with Gasteiger partial charge in [0, 0.05) is 44.5 Å². The van der Waals surface area contributed by atoms with Crippen molar-refractivity contribution in [3.63, 3.8) is 0 Å². The van der Waals surface area contributed by atoms with Gasteiger partial charge in [-0.05, 0) is 42.3 Å². The predicted molar refractivity (Wildman–Crippen MR) is 240 cm³/mol. The highest BCUT2D eigenvalue weighted by Gasteiger charge is 2.19. The summed E-state index contributed by atoms with van der Waals surface area (Å²) in [5, 5.41) is 0. The molecule has 0 amide bonds. The summed E-state index contributed by atoms with van der Waals surface area (Å²) in [4.78, 5) is 45.1. The van der Waals surface area contributed by atoms with E-state index in [1.807, 2.05) is 177 Å². The molecule has 0 atom stereocenters. The van der Waals surface area contributed by atoms with Crippen molar-refractivity contribution >= 4 is 0 Å². The van der Waals surface area contributed by atoms with E-state index in [-0.39, 0.29) is 0 Å². The lowest BCUT2D eigenvalue weighted by Gasteiger charge is -2.13. The topological polar surface area (TPSA) is 116 Å². The Bertz CT molecular complexity index is 3070. The van der Waals surface area contributed by atoms with Crippen molar-refractivity contribution in [1.82, 2.24) is 44.9 Å². The number of aryl methyl sites for hydroxylation is 1. The Labute approximate surface area is 352 Å². The Morgan fingerprint density at radius 1 is 0.197 bits per heavy atom. The molecule has 7 aromatic carbocycles. The summed E-state index contributed by atoms with van der Waals surface area (Å²) in [5.74, 6) is 4.75. The number of hydrogen-bond acceptors (Lipinski definition) is 9. The molecular formula is C52H35N9. The minimum atomic E-state index is 0.465. The number of benzene rings is 7. The predicted octanol–water partition coefficient (Wildman–Crippen LogP) is 11.6. The molecule has 3 heterocycles. The monoisotopic (exact) mass is 785 g/mol. The molecule has 9 nitrogen and oxygen atoms in total. The van der Waals surface area contributed by atoms with Crippen molar-refractivity contribution in [3.05, 3.63) is 200 Å². The van der Waals surface area contributed by atoms with E-state index in [9.17, 15) is 0 Å². The van der Waals surface area contributed by atoms with E-state index in [4.69, 9.17) is 44.9 Å². The molecule has 0 spiro atoms. The van der Waals surface area contributed by atoms with Crippen LogP contribution in [-0.2, 0) is 0 Å². The van der Waals surface area contributed by atoms with E-state index in [2.05, 4.69) is 24.3 Å². The van der Waals surface area contributed by atoms with Crippen molar-refractivity contribution in [2.24, 2.45) is 0 Å². The Balaban J connectivity index is 1.21. The van der Waals surface area contributed by atoms with E-state index in [0.29, 0.717) is 69.1 Å². The van der Waals surface area contributed by atoms with E-state index in [0.717, 1.165) is 38.9 Å². The van der Waals surface area contributed by atoms with Gasteiger partial charge in [0.2, 0.25) is 0 Å². The first-order valence-corrected chi connectivity index (χ1v) is 19.9. The van der Waals surface area contributed by atoms with Crippen LogP contribution in [-0.4, -0.2) is 44.9 Å². The lowest BCUT2D eigenvalue weighted by atomic mass is 10.0. The molecular weight excluding hydrogens is 751 g/mol. The van der Waals surface area contributed by atoms with Gasteiger partial charge in [0.15, 0.2) is 46.6 Å². The van der Waals surface area contributed by atoms with Crippen LogP contribution >= 0.6 is 0 Å². The zero-order valence-electron chi connectivity index (χ0n) is 33.0. The van der Waals surface area contributed by atoms with Crippen LogP contribution in [0, 0.1) is 6.92 Å². The molecule has 61 heavy (non-hydrogen) atoms. The van der Waals surface area contributed by atoms with Gasteiger partial charge in [-0.1, -0.05) is 170 Å². The minimum Gasteiger partial charge on any atom is -0.213 e. The SMILES string of the molecule is Cc1nc(-c2ccccc2)nc(-c2cc(-c3nc(-c4ccccc4)nc(-c4ccccc4)n3)cc(-c3nc(-c4ccccc4)nc(-c4cccc(-c5ccccc5)c4)n3)c2)n1. The number of rotatable bonds is 9. The third kappa shape index (κ3) is 8.04. The molecule has 10 aromatic rings. The molecule has 0 radical (unpaired) electrons. The first kappa shape index (κ1) is 36.9. The van der Waals surface area contributed by atoms with Gasteiger partial charge in [-0.25, -0.2) is 44.9 Å². The molecule has 10 rings (SSSR count). The maximum atomic E-state index is 5.19. The fourth-order valence-electron chi connectivity index (χ4n) is 7.10. The molecule has 0 bridgehead atoms. The Kier molecular flexibility index (Phi) is 9.94. The standard InChI is InChI=1S/C52H35N9/c1-34-53-45(36-20-9-3-10-21-36)55-50(54-34)42-31-43(51-58-46(37-22-11-4-12-23-37)56-47(59-51)38-24-13-5-14-25-38)33-44(32-42)52-60-48(39-26-15-6-16-27-39)57-49(61-52)41-29-17-28-40(30-41)35-18-7-2-8-19-35/h2-33H,1H3. The van der Waals surface area contributed by atoms with Crippen LogP contribution in [0.25, 0.3) is 102 Å². The Hall–Kier alpha value is -8.43. The van der Waals surface area contributed by atoms with Gasteiger partial charge in [0.05, 0.1) is 0 Å². The first-order chi connectivity index (χ1) is 30.1. The smallest absolute Gasteiger partial charge is 0.164 e. The van der Waals surface area contributed by atoms with Crippen molar-refractivity contribution < 1.29 is 0 Å². The molecule has 0 fully saturated rings. The Morgan fingerprint density at radius 2 is 0.426 bits per heavy atom. The van der Waals surface area contributed by atoms with Gasteiger partial charge < -0.3 is 0 Å². The zero-order valence-corrected chi connectivity index (χ0v) is 33.0. The molecule has 0 unspecified atom stereocenters. The summed E-state index contributed by atoms with van der Waals surface area (Å²) in [6, 6.07) is 64.3. The van der Waals surface area contributed by atoms with Crippen LogP contribution in [0.15, 0.2) is 194 Å². The second-order valence-electron chi connectivity index (χ2n) is 14.4. The highest BCUT2D eigenvalue weighted by Crippen LogP contribution is 2.34. The highest BCUT2D eigenvalue weighted by atomic mass is 15.1. The summed E-state index contributed by atoms with van der Waals surface area (Å²) < 4.78 is 0. The summed E-state index contributed by atoms with van der Waals surface area (Å²) in [5.41, 5.74) is 8.63. The van der Waals surface area contributed by atoms with Gasteiger partial charge in [0.25, 0.3) is 0 Å². The van der Waals surface area contributed by atoms with E-state index in [1.165, 1.54) is 0 Å². The molecule has 0 N–H and O–H groups in total. The second kappa shape index (κ2) is 16.4. The van der Waals surface area contributed by atoms with Gasteiger partial charge in [-0.3, -0.25) is 0 Å². The normalized spacial score (nSPS) is 11.0. The Morgan fingerprint density at radius 3 is 0.787 bits per heavy atom. The van der Waals surface area contributed by atoms with Gasteiger partial charge in [-0.15, -0.1) is 0 Å². The first-order valence-electron chi connectivity index (χ1n) is 19.9. The maximum absolute atomic E-state index is 5.19. The summed E-state index contributed by atoms with van der Waals surface area (Å²) >= 11 is 0. The third-order valence-corrected chi connectivity index (χ3v) is 10.1.